The minimum atomic E-state index is -0.100. The van der Waals surface area contributed by atoms with Gasteiger partial charge < -0.3 is 14.5 Å². The number of nitrogens with zero attached hydrogens (tertiary/aromatic N) is 2. The van der Waals surface area contributed by atoms with E-state index in [-0.39, 0.29) is 23.8 Å². The molecule has 2 aromatic rings. The van der Waals surface area contributed by atoms with Crippen LogP contribution in [0.1, 0.15) is 47.0 Å². The highest BCUT2D eigenvalue weighted by atomic mass is 32.1. The van der Waals surface area contributed by atoms with E-state index in [0.29, 0.717) is 6.54 Å². The molecule has 5 nitrogen and oxygen atoms in total. The van der Waals surface area contributed by atoms with Gasteiger partial charge in [0.15, 0.2) is 0 Å². The van der Waals surface area contributed by atoms with Gasteiger partial charge in [-0.2, -0.15) is 0 Å². The number of amides is 2. The van der Waals surface area contributed by atoms with Crippen molar-refractivity contribution in [3.8, 4) is 5.75 Å². The topological polar surface area (TPSA) is 49.9 Å². The highest BCUT2D eigenvalue weighted by Crippen LogP contribution is 2.35. The zero-order valence-electron chi connectivity index (χ0n) is 16.2. The van der Waals surface area contributed by atoms with E-state index in [4.69, 9.17) is 4.74 Å². The molecule has 2 atom stereocenters. The number of likely N-dealkylation sites (tertiary alicyclic amines) is 2. The fourth-order valence-electron chi connectivity index (χ4n) is 4.36. The van der Waals surface area contributed by atoms with Crippen molar-refractivity contribution in [3.63, 3.8) is 0 Å². The molecule has 2 aliphatic rings. The number of methoxy groups -OCH3 is 1. The van der Waals surface area contributed by atoms with Crippen LogP contribution in [-0.2, 0) is 4.79 Å². The lowest BCUT2D eigenvalue weighted by Gasteiger charge is -2.35. The van der Waals surface area contributed by atoms with Crippen LogP contribution in [-0.4, -0.2) is 48.4 Å². The maximum atomic E-state index is 13.3. The fraction of sp³-hybridized carbons (Fsp3) is 0.455. The van der Waals surface area contributed by atoms with E-state index in [0.717, 1.165) is 55.0 Å². The number of ether oxygens (including phenoxy) is 1. The molecule has 2 aliphatic heterocycles. The average Bonchev–Trinajstić information content (AvgIpc) is 3.45. The SMILES string of the molecule is COc1ccc(C2CCCN2C(=O)C2CCCN(C(=O)c3cccs3)C2)cc1. The van der Waals surface area contributed by atoms with Gasteiger partial charge in [-0.1, -0.05) is 18.2 Å². The third kappa shape index (κ3) is 3.78. The van der Waals surface area contributed by atoms with Crippen molar-refractivity contribution in [3.05, 3.63) is 52.2 Å². The van der Waals surface area contributed by atoms with Crippen molar-refractivity contribution in [1.82, 2.24) is 9.80 Å². The quantitative estimate of drug-likeness (QED) is 0.783. The summed E-state index contributed by atoms with van der Waals surface area (Å²) >= 11 is 1.46. The van der Waals surface area contributed by atoms with E-state index < -0.39 is 0 Å². The van der Waals surface area contributed by atoms with Gasteiger partial charge in [0.2, 0.25) is 5.91 Å². The van der Waals surface area contributed by atoms with Crippen molar-refractivity contribution in [2.75, 3.05) is 26.7 Å². The molecule has 2 amide bonds. The second-order valence-corrected chi connectivity index (χ2v) is 8.48. The summed E-state index contributed by atoms with van der Waals surface area (Å²) in [7, 11) is 1.66. The first-order valence-corrected chi connectivity index (χ1v) is 10.8. The molecule has 4 rings (SSSR count). The molecule has 1 aromatic heterocycles. The fourth-order valence-corrected chi connectivity index (χ4v) is 5.05. The number of benzene rings is 1. The molecule has 2 unspecified atom stereocenters. The zero-order chi connectivity index (χ0) is 19.5. The second kappa shape index (κ2) is 8.35. The summed E-state index contributed by atoms with van der Waals surface area (Å²) in [5.74, 6) is 0.980. The monoisotopic (exact) mass is 398 g/mol. The molecular weight excluding hydrogens is 372 g/mol. The number of carbonyl (C=O) groups is 2. The molecule has 0 aliphatic carbocycles. The Morgan fingerprint density at radius 1 is 1.07 bits per heavy atom. The lowest BCUT2D eigenvalue weighted by atomic mass is 9.95. The van der Waals surface area contributed by atoms with Crippen LogP contribution in [0.15, 0.2) is 41.8 Å². The van der Waals surface area contributed by atoms with Gasteiger partial charge in [0, 0.05) is 19.6 Å². The molecule has 0 radical (unpaired) electrons. The first-order valence-electron chi connectivity index (χ1n) is 9.94. The maximum Gasteiger partial charge on any atom is 0.263 e. The minimum Gasteiger partial charge on any atom is -0.497 e. The van der Waals surface area contributed by atoms with Crippen molar-refractivity contribution in [2.45, 2.75) is 31.7 Å². The number of carbonyl (C=O) groups excluding carboxylic acids is 2. The van der Waals surface area contributed by atoms with E-state index in [1.54, 1.807) is 7.11 Å². The molecule has 3 heterocycles. The van der Waals surface area contributed by atoms with Crippen LogP contribution in [0, 0.1) is 5.92 Å². The van der Waals surface area contributed by atoms with Crippen LogP contribution in [0.4, 0.5) is 0 Å². The number of rotatable bonds is 4. The van der Waals surface area contributed by atoms with Crippen molar-refractivity contribution in [2.24, 2.45) is 5.92 Å². The van der Waals surface area contributed by atoms with Gasteiger partial charge in [0.05, 0.1) is 23.9 Å². The third-order valence-electron chi connectivity index (χ3n) is 5.83. The van der Waals surface area contributed by atoms with Crippen LogP contribution in [0.25, 0.3) is 0 Å². The molecule has 1 aromatic carbocycles. The first-order chi connectivity index (χ1) is 13.7. The van der Waals surface area contributed by atoms with E-state index >= 15 is 0 Å². The van der Waals surface area contributed by atoms with Crippen molar-refractivity contribution < 1.29 is 14.3 Å². The Balaban J connectivity index is 1.45. The number of thiophene rings is 1. The van der Waals surface area contributed by atoms with Crippen LogP contribution in [0.3, 0.4) is 0 Å². The highest BCUT2D eigenvalue weighted by Gasteiger charge is 2.36. The van der Waals surface area contributed by atoms with Gasteiger partial charge >= 0.3 is 0 Å². The molecule has 148 valence electrons. The maximum absolute atomic E-state index is 13.3. The van der Waals surface area contributed by atoms with Crippen LogP contribution in [0.2, 0.25) is 0 Å². The Hall–Kier alpha value is -2.34. The Morgan fingerprint density at radius 2 is 1.86 bits per heavy atom. The highest BCUT2D eigenvalue weighted by molar-refractivity contribution is 7.12. The average molecular weight is 399 g/mol. The summed E-state index contributed by atoms with van der Waals surface area (Å²) in [6, 6.07) is 11.9. The standard InChI is InChI=1S/C22H26N2O3S/c1-27-18-10-8-16(9-11-18)19-6-3-13-24(19)21(25)17-5-2-12-23(15-17)22(26)20-7-4-14-28-20/h4,7-11,14,17,19H,2-3,5-6,12-13,15H2,1H3. The summed E-state index contributed by atoms with van der Waals surface area (Å²) in [4.78, 5) is 30.7. The van der Waals surface area contributed by atoms with Gasteiger partial charge in [-0.25, -0.2) is 0 Å². The lowest BCUT2D eigenvalue weighted by Crippen LogP contribution is -2.46. The van der Waals surface area contributed by atoms with Crippen LogP contribution >= 0.6 is 11.3 Å². The molecule has 0 saturated carbocycles. The molecule has 0 N–H and O–H groups in total. The number of piperidine rings is 1. The minimum absolute atomic E-state index is 0.0561. The second-order valence-electron chi connectivity index (χ2n) is 7.53. The molecule has 28 heavy (non-hydrogen) atoms. The van der Waals surface area contributed by atoms with Crippen LogP contribution in [0.5, 0.6) is 5.75 Å². The van der Waals surface area contributed by atoms with Gasteiger partial charge in [-0.05, 0) is 54.8 Å². The molecule has 0 spiro atoms. The van der Waals surface area contributed by atoms with Crippen molar-refractivity contribution in [1.29, 1.82) is 0 Å². The van der Waals surface area contributed by atoms with E-state index in [1.165, 1.54) is 11.3 Å². The van der Waals surface area contributed by atoms with E-state index in [9.17, 15) is 9.59 Å². The van der Waals surface area contributed by atoms with Gasteiger partial charge in [0.25, 0.3) is 5.91 Å². The van der Waals surface area contributed by atoms with Gasteiger partial charge in [0.1, 0.15) is 5.75 Å². The number of hydrogen-bond donors (Lipinski definition) is 0. The summed E-state index contributed by atoms with van der Waals surface area (Å²) < 4.78 is 5.25. The largest absolute Gasteiger partial charge is 0.497 e. The summed E-state index contributed by atoms with van der Waals surface area (Å²) in [6.45, 7) is 2.06. The van der Waals surface area contributed by atoms with Gasteiger partial charge in [-0.3, -0.25) is 9.59 Å². The Morgan fingerprint density at radius 3 is 2.57 bits per heavy atom. The Labute approximate surface area is 169 Å². The molecule has 0 bridgehead atoms. The smallest absolute Gasteiger partial charge is 0.263 e. The predicted molar refractivity (Wildman–Crippen MR) is 110 cm³/mol. The Kier molecular flexibility index (Phi) is 5.67. The van der Waals surface area contributed by atoms with E-state index in [2.05, 4.69) is 12.1 Å². The van der Waals surface area contributed by atoms with Crippen LogP contribution < -0.4 is 4.74 Å². The summed E-state index contributed by atoms with van der Waals surface area (Å²) in [6.07, 6.45) is 3.75. The first kappa shape index (κ1) is 19.0. The summed E-state index contributed by atoms with van der Waals surface area (Å²) in [5.41, 5.74) is 1.16. The van der Waals surface area contributed by atoms with E-state index in [1.807, 2.05) is 39.4 Å². The lowest BCUT2D eigenvalue weighted by molar-refractivity contribution is -0.137. The third-order valence-corrected chi connectivity index (χ3v) is 6.68. The predicted octanol–water partition coefficient (Wildman–Crippen LogP) is 3.97. The number of hydrogen-bond acceptors (Lipinski definition) is 4. The van der Waals surface area contributed by atoms with Gasteiger partial charge in [-0.15, -0.1) is 11.3 Å². The Bertz CT molecular complexity index is 819. The molecular formula is C22H26N2O3S. The molecule has 6 heteroatoms. The summed E-state index contributed by atoms with van der Waals surface area (Å²) in [5, 5.41) is 1.92. The van der Waals surface area contributed by atoms with Crippen molar-refractivity contribution >= 4 is 23.2 Å². The molecule has 2 saturated heterocycles. The zero-order valence-corrected chi connectivity index (χ0v) is 17.0. The normalized spacial score (nSPS) is 22.3. The molecule has 2 fully saturated rings.